The number of nitro groups is 1. The Morgan fingerprint density at radius 2 is 2.08 bits per heavy atom. The number of amides is 1. The molecule has 0 aliphatic carbocycles. The third-order valence-electron chi connectivity index (χ3n) is 3.10. The average Bonchev–Trinajstić information content (AvgIpc) is 2.59. The maximum Gasteiger partial charge on any atom is 0.288 e. The summed E-state index contributed by atoms with van der Waals surface area (Å²) in [6.45, 7) is 1.13. The van der Waals surface area contributed by atoms with Crippen LogP contribution in [0.4, 0.5) is 10.1 Å². The molecular weight excluding hydrogens is 353 g/mol. The number of ether oxygens (including phenoxy) is 1. The summed E-state index contributed by atoms with van der Waals surface area (Å²) >= 11 is 5.74. The molecule has 25 heavy (non-hydrogen) atoms. The molecule has 130 valence electrons. The van der Waals surface area contributed by atoms with E-state index in [0.717, 1.165) is 0 Å². The van der Waals surface area contributed by atoms with Gasteiger partial charge in [-0.05, 0) is 25.1 Å². The van der Waals surface area contributed by atoms with Crippen LogP contribution in [0.5, 0.6) is 5.75 Å². The number of nitrogens with zero attached hydrogens (tertiary/aromatic N) is 2. The van der Waals surface area contributed by atoms with E-state index in [1.807, 2.05) is 0 Å². The second-order valence-electron chi connectivity index (χ2n) is 4.87. The van der Waals surface area contributed by atoms with Crippen LogP contribution in [0.1, 0.15) is 12.5 Å². The molecule has 9 heteroatoms. The number of benzene rings is 2. The molecule has 2 aromatic rings. The lowest BCUT2D eigenvalue weighted by atomic mass is 10.1. The Morgan fingerprint density at radius 1 is 1.36 bits per heavy atom. The largest absolute Gasteiger partial charge is 0.481 e. The van der Waals surface area contributed by atoms with Gasteiger partial charge in [-0.25, -0.2) is 9.82 Å². The summed E-state index contributed by atoms with van der Waals surface area (Å²) in [4.78, 5) is 22.0. The van der Waals surface area contributed by atoms with Crippen molar-refractivity contribution in [1.82, 2.24) is 5.43 Å². The van der Waals surface area contributed by atoms with Crippen molar-refractivity contribution in [3.05, 3.63) is 69.0 Å². The molecule has 0 heterocycles. The van der Waals surface area contributed by atoms with Gasteiger partial charge in [0.05, 0.1) is 10.6 Å². The number of hydrogen-bond acceptors (Lipinski definition) is 5. The number of carbonyl (C=O) groups excluding carboxylic acids is 1. The molecule has 2 aromatic carbocycles. The van der Waals surface area contributed by atoms with Gasteiger partial charge in [-0.2, -0.15) is 5.10 Å². The van der Waals surface area contributed by atoms with E-state index in [0.29, 0.717) is 11.3 Å². The lowest BCUT2D eigenvalue weighted by Gasteiger charge is -2.06. The smallest absolute Gasteiger partial charge is 0.288 e. The fourth-order valence-corrected chi connectivity index (χ4v) is 2.01. The fourth-order valence-electron chi connectivity index (χ4n) is 1.83. The van der Waals surface area contributed by atoms with E-state index >= 15 is 0 Å². The number of hydrogen-bond donors (Lipinski definition) is 1. The molecule has 1 amide bonds. The summed E-state index contributed by atoms with van der Waals surface area (Å²) in [5, 5.41) is 14.7. The Labute approximate surface area is 147 Å². The molecule has 7 nitrogen and oxygen atoms in total. The van der Waals surface area contributed by atoms with Gasteiger partial charge < -0.3 is 4.74 Å². The van der Waals surface area contributed by atoms with Crippen LogP contribution >= 0.6 is 11.6 Å². The molecule has 0 unspecified atom stereocenters. The molecule has 0 aliphatic rings. The van der Waals surface area contributed by atoms with Crippen LogP contribution < -0.4 is 10.2 Å². The van der Waals surface area contributed by atoms with E-state index in [1.165, 1.54) is 36.4 Å². The first-order chi connectivity index (χ1) is 11.9. The lowest BCUT2D eigenvalue weighted by molar-refractivity contribution is -0.384. The van der Waals surface area contributed by atoms with Crippen LogP contribution in [-0.4, -0.2) is 23.1 Å². The molecule has 0 fully saturated rings. The van der Waals surface area contributed by atoms with Gasteiger partial charge >= 0.3 is 0 Å². The van der Waals surface area contributed by atoms with Gasteiger partial charge in [0.1, 0.15) is 5.02 Å². The Hall–Kier alpha value is -3.00. The highest BCUT2D eigenvalue weighted by atomic mass is 35.5. The number of carbonyl (C=O) groups is 1. The predicted octanol–water partition coefficient (Wildman–Crippen LogP) is 3.31. The number of halogens is 2. The third kappa shape index (κ3) is 4.98. The fraction of sp³-hybridized carbons (Fsp3) is 0.125. The van der Waals surface area contributed by atoms with Crippen LogP contribution in [0.3, 0.4) is 0 Å². The van der Waals surface area contributed by atoms with Crippen molar-refractivity contribution in [2.24, 2.45) is 5.10 Å². The molecule has 0 bridgehead atoms. The third-order valence-corrected chi connectivity index (χ3v) is 3.42. The lowest BCUT2D eigenvalue weighted by Crippen LogP contribution is -2.25. The zero-order valence-corrected chi connectivity index (χ0v) is 13.8. The summed E-state index contributed by atoms with van der Waals surface area (Å²) in [6, 6.07) is 9.84. The second-order valence-corrected chi connectivity index (χ2v) is 5.28. The first-order valence-corrected chi connectivity index (χ1v) is 7.41. The number of rotatable bonds is 6. The molecule has 0 aliphatic heterocycles. The summed E-state index contributed by atoms with van der Waals surface area (Å²) in [5.41, 5.74) is 2.73. The Bertz CT molecular complexity index is 842. The van der Waals surface area contributed by atoms with Crippen LogP contribution in [0.25, 0.3) is 0 Å². The van der Waals surface area contributed by atoms with Crippen molar-refractivity contribution in [3.8, 4) is 5.75 Å². The van der Waals surface area contributed by atoms with E-state index in [-0.39, 0.29) is 16.5 Å². The van der Waals surface area contributed by atoms with Crippen molar-refractivity contribution >= 4 is 28.9 Å². The maximum atomic E-state index is 13.4. The molecule has 2 rings (SSSR count). The number of para-hydroxylation sites is 1. The van der Waals surface area contributed by atoms with E-state index in [2.05, 4.69) is 10.5 Å². The first kappa shape index (κ1) is 18.3. The minimum absolute atomic E-state index is 0.00359. The minimum Gasteiger partial charge on any atom is -0.481 e. The summed E-state index contributed by atoms with van der Waals surface area (Å²) < 4.78 is 18.4. The van der Waals surface area contributed by atoms with E-state index in [1.54, 1.807) is 13.0 Å². The highest BCUT2D eigenvalue weighted by Crippen LogP contribution is 2.25. The number of hydrazone groups is 1. The van der Waals surface area contributed by atoms with Crippen molar-refractivity contribution in [1.29, 1.82) is 0 Å². The molecular formula is C16H13ClFN3O4. The van der Waals surface area contributed by atoms with Crippen LogP contribution in [0, 0.1) is 15.9 Å². The Kier molecular flexibility index (Phi) is 6.02. The van der Waals surface area contributed by atoms with Crippen molar-refractivity contribution < 1.29 is 18.8 Å². The van der Waals surface area contributed by atoms with E-state index in [4.69, 9.17) is 16.3 Å². The van der Waals surface area contributed by atoms with Crippen molar-refractivity contribution in [3.63, 3.8) is 0 Å². The Morgan fingerprint density at radius 3 is 2.76 bits per heavy atom. The van der Waals surface area contributed by atoms with Crippen molar-refractivity contribution in [2.75, 3.05) is 6.61 Å². The van der Waals surface area contributed by atoms with Gasteiger partial charge in [0.25, 0.3) is 11.6 Å². The van der Waals surface area contributed by atoms with Gasteiger partial charge in [-0.15, -0.1) is 0 Å². The highest BCUT2D eigenvalue weighted by molar-refractivity contribution is 6.32. The van der Waals surface area contributed by atoms with Gasteiger partial charge in [-0.3, -0.25) is 14.9 Å². The van der Waals surface area contributed by atoms with Gasteiger partial charge in [0.2, 0.25) is 0 Å². The molecule has 0 aromatic heterocycles. The standard InChI is InChI=1S/C16H13ClFN3O4/c1-10(11-6-7-12(17)14(8-11)21(23)24)19-20-16(22)9-25-15-5-3-2-4-13(15)18/h2-8H,9H2,1H3,(H,20,22)/b19-10+. The topological polar surface area (TPSA) is 93.8 Å². The number of nitro benzene ring substituents is 1. The summed E-state index contributed by atoms with van der Waals surface area (Å²) in [5.74, 6) is -1.24. The van der Waals surface area contributed by atoms with E-state index < -0.39 is 23.3 Å². The normalized spacial score (nSPS) is 11.1. The van der Waals surface area contributed by atoms with Gasteiger partial charge in [0, 0.05) is 11.6 Å². The van der Waals surface area contributed by atoms with Crippen LogP contribution in [0.2, 0.25) is 5.02 Å². The summed E-state index contributed by atoms with van der Waals surface area (Å²) in [6.07, 6.45) is 0. The highest BCUT2D eigenvalue weighted by Gasteiger charge is 2.14. The monoisotopic (exact) mass is 365 g/mol. The van der Waals surface area contributed by atoms with Crippen LogP contribution in [0.15, 0.2) is 47.6 Å². The van der Waals surface area contributed by atoms with Gasteiger partial charge in [0.15, 0.2) is 18.2 Å². The quantitative estimate of drug-likeness (QED) is 0.482. The molecule has 0 spiro atoms. The maximum absolute atomic E-state index is 13.4. The van der Waals surface area contributed by atoms with Crippen LogP contribution in [-0.2, 0) is 4.79 Å². The molecule has 0 atom stereocenters. The van der Waals surface area contributed by atoms with E-state index in [9.17, 15) is 19.3 Å². The first-order valence-electron chi connectivity index (χ1n) is 7.03. The van der Waals surface area contributed by atoms with Crippen molar-refractivity contribution in [2.45, 2.75) is 6.92 Å². The zero-order valence-electron chi connectivity index (χ0n) is 13.0. The zero-order chi connectivity index (χ0) is 18.4. The molecule has 1 N–H and O–H groups in total. The SMILES string of the molecule is C/C(=N\NC(=O)COc1ccccc1F)c1ccc(Cl)c([N+](=O)[O-])c1. The minimum atomic E-state index is -0.611. The summed E-state index contributed by atoms with van der Waals surface area (Å²) in [7, 11) is 0. The average molecular weight is 366 g/mol. The molecule has 0 radical (unpaired) electrons. The number of nitrogens with one attached hydrogen (secondary N) is 1. The molecule has 0 saturated carbocycles. The van der Waals surface area contributed by atoms with Gasteiger partial charge in [-0.1, -0.05) is 29.8 Å². The second kappa shape index (κ2) is 8.20. The molecule has 0 saturated heterocycles. The Balaban J connectivity index is 1.99. The predicted molar refractivity (Wildman–Crippen MR) is 90.4 cm³/mol.